The number of hydrogen-bond acceptors (Lipinski definition) is 3. The molecular formula is C26H27ClN2O. The number of nitrogens with zero attached hydrogens (tertiary/aromatic N) is 1. The maximum absolute atomic E-state index is 9.37. The third-order valence-corrected chi connectivity index (χ3v) is 5.67. The van der Waals surface area contributed by atoms with E-state index < -0.39 is 0 Å². The predicted molar refractivity (Wildman–Crippen MR) is 123 cm³/mol. The number of methoxy groups -OCH3 is 1. The van der Waals surface area contributed by atoms with Gasteiger partial charge in [0.25, 0.3) is 0 Å². The lowest BCUT2D eigenvalue weighted by molar-refractivity contribution is 0.159. The quantitative estimate of drug-likeness (QED) is 0.470. The van der Waals surface area contributed by atoms with Gasteiger partial charge in [-0.1, -0.05) is 66.2 Å². The van der Waals surface area contributed by atoms with Crippen molar-refractivity contribution in [2.45, 2.75) is 31.3 Å². The molecule has 1 unspecified atom stereocenters. The number of nitrogens with one attached hydrogen (secondary N) is 1. The molecule has 3 aromatic carbocycles. The van der Waals surface area contributed by atoms with Crippen molar-refractivity contribution in [1.82, 2.24) is 5.32 Å². The molecule has 3 rings (SSSR count). The Hall–Kier alpha value is -2.64. The molecule has 30 heavy (non-hydrogen) atoms. The van der Waals surface area contributed by atoms with Crippen molar-refractivity contribution < 1.29 is 4.74 Å². The number of nitriles is 1. The molecule has 3 aromatic rings. The second-order valence-electron chi connectivity index (χ2n) is 7.55. The van der Waals surface area contributed by atoms with E-state index in [9.17, 15) is 5.26 Å². The van der Waals surface area contributed by atoms with Gasteiger partial charge in [0, 0.05) is 24.1 Å². The van der Waals surface area contributed by atoms with Gasteiger partial charge in [0.1, 0.15) is 0 Å². The van der Waals surface area contributed by atoms with E-state index in [0.29, 0.717) is 12.2 Å². The summed E-state index contributed by atoms with van der Waals surface area (Å²) in [5.41, 5.74) is 4.23. The molecule has 0 bridgehead atoms. The summed E-state index contributed by atoms with van der Waals surface area (Å²) in [5, 5.41) is 13.9. The molecule has 0 radical (unpaired) electrons. The van der Waals surface area contributed by atoms with Crippen molar-refractivity contribution in [3.63, 3.8) is 0 Å². The number of hydrogen-bond donors (Lipinski definition) is 1. The van der Waals surface area contributed by atoms with Crippen molar-refractivity contribution in [2.24, 2.45) is 0 Å². The first-order valence-corrected chi connectivity index (χ1v) is 10.5. The Morgan fingerprint density at radius 3 is 2.33 bits per heavy atom. The Morgan fingerprint density at radius 2 is 1.67 bits per heavy atom. The third-order valence-electron chi connectivity index (χ3n) is 5.42. The lowest BCUT2D eigenvalue weighted by Crippen LogP contribution is -2.38. The van der Waals surface area contributed by atoms with Gasteiger partial charge < -0.3 is 10.1 Å². The van der Waals surface area contributed by atoms with Gasteiger partial charge >= 0.3 is 0 Å². The number of halogens is 1. The fourth-order valence-electron chi connectivity index (χ4n) is 3.82. The zero-order chi connectivity index (χ0) is 21.3. The van der Waals surface area contributed by atoms with Crippen molar-refractivity contribution in [1.29, 1.82) is 5.26 Å². The Balaban J connectivity index is 1.89. The summed E-state index contributed by atoms with van der Waals surface area (Å²) in [6, 6.07) is 28.7. The molecule has 0 spiro atoms. The molecule has 0 aliphatic rings. The Kier molecular flexibility index (Phi) is 8.04. The molecule has 0 saturated carbocycles. The van der Waals surface area contributed by atoms with Gasteiger partial charge in [0.15, 0.2) is 0 Å². The van der Waals surface area contributed by atoms with Crippen LogP contribution in [0.1, 0.15) is 41.1 Å². The van der Waals surface area contributed by atoms with Crippen molar-refractivity contribution in [3.05, 3.63) is 106 Å². The smallest absolute Gasteiger partial charge is 0.0991 e. The van der Waals surface area contributed by atoms with Crippen LogP contribution in [0.4, 0.5) is 0 Å². The van der Waals surface area contributed by atoms with E-state index in [-0.39, 0.29) is 18.0 Å². The number of rotatable bonds is 9. The second kappa shape index (κ2) is 10.9. The molecular weight excluding hydrogens is 392 g/mol. The molecule has 1 N–H and O–H groups in total. The van der Waals surface area contributed by atoms with Gasteiger partial charge in [-0.3, -0.25) is 0 Å². The largest absolute Gasteiger partial charge is 0.383 e. The van der Waals surface area contributed by atoms with Crippen LogP contribution in [0.2, 0.25) is 5.02 Å². The molecule has 3 atom stereocenters. The molecule has 0 aliphatic carbocycles. The summed E-state index contributed by atoms with van der Waals surface area (Å²) in [5.74, 6) is 0.183. The average molecular weight is 419 g/mol. The molecule has 0 aromatic heterocycles. The van der Waals surface area contributed by atoms with Crippen LogP contribution in [0.15, 0.2) is 78.9 Å². The van der Waals surface area contributed by atoms with E-state index in [4.69, 9.17) is 16.3 Å². The van der Waals surface area contributed by atoms with Gasteiger partial charge in [0.05, 0.1) is 24.3 Å². The number of benzene rings is 3. The highest BCUT2D eigenvalue weighted by Crippen LogP contribution is 2.28. The Bertz CT molecular complexity index is 966. The molecule has 0 fully saturated rings. The van der Waals surface area contributed by atoms with Crippen LogP contribution >= 0.6 is 11.6 Å². The van der Waals surface area contributed by atoms with Crippen molar-refractivity contribution in [3.8, 4) is 6.07 Å². The van der Waals surface area contributed by atoms with Crippen molar-refractivity contribution >= 4 is 11.6 Å². The minimum absolute atomic E-state index is 0.0815. The summed E-state index contributed by atoms with van der Waals surface area (Å²) in [4.78, 5) is 0. The maximum Gasteiger partial charge on any atom is 0.0991 e. The molecule has 0 amide bonds. The first kappa shape index (κ1) is 22.1. The Labute approximate surface area is 184 Å². The monoisotopic (exact) mass is 418 g/mol. The molecule has 4 heteroatoms. The highest BCUT2D eigenvalue weighted by molar-refractivity contribution is 6.30. The second-order valence-corrected chi connectivity index (χ2v) is 7.98. The standard InChI is InChI=1S/C26H27ClN2O/c1-19(29-26(18-30-2)22-8-4-3-5-9-22)25(16-20-11-13-24(27)14-12-20)23-10-6-7-21(15-23)17-28/h3-15,19,25-26,29H,16,18H2,1-2H3/t19-,25+,26?/m0/s1. The normalized spacial score (nSPS) is 13.9. The summed E-state index contributed by atoms with van der Waals surface area (Å²) in [6.07, 6.45) is 0.842. The van der Waals surface area contributed by atoms with Crippen molar-refractivity contribution in [2.75, 3.05) is 13.7 Å². The van der Waals surface area contributed by atoms with E-state index in [1.54, 1.807) is 7.11 Å². The van der Waals surface area contributed by atoms with Gasteiger partial charge in [-0.2, -0.15) is 5.26 Å². The highest BCUT2D eigenvalue weighted by Gasteiger charge is 2.24. The summed E-state index contributed by atoms with van der Waals surface area (Å²) >= 11 is 6.08. The van der Waals surface area contributed by atoms with Gasteiger partial charge in [-0.25, -0.2) is 0 Å². The fraction of sp³-hybridized carbons (Fsp3) is 0.269. The highest BCUT2D eigenvalue weighted by atomic mass is 35.5. The lowest BCUT2D eigenvalue weighted by atomic mass is 9.85. The molecule has 0 heterocycles. The van der Waals surface area contributed by atoms with Crippen LogP contribution < -0.4 is 5.32 Å². The van der Waals surface area contributed by atoms with Crippen LogP contribution in [-0.4, -0.2) is 19.8 Å². The van der Waals surface area contributed by atoms with Crippen LogP contribution in [0.25, 0.3) is 0 Å². The Morgan fingerprint density at radius 1 is 0.967 bits per heavy atom. The molecule has 0 saturated heterocycles. The van der Waals surface area contributed by atoms with Gasteiger partial charge in [0.2, 0.25) is 0 Å². The topological polar surface area (TPSA) is 45.0 Å². The first-order chi connectivity index (χ1) is 14.6. The van der Waals surface area contributed by atoms with E-state index in [0.717, 1.165) is 17.0 Å². The molecule has 3 nitrogen and oxygen atoms in total. The zero-order valence-corrected chi connectivity index (χ0v) is 18.1. The summed E-state index contributed by atoms with van der Waals surface area (Å²) in [6.45, 7) is 2.78. The van der Waals surface area contributed by atoms with E-state index in [1.807, 2.05) is 48.5 Å². The molecule has 154 valence electrons. The third kappa shape index (κ3) is 5.93. The summed E-state index contributed by atoms with van der Waals surface area (Å²) in [7, 11) is 1.73. The van der Waals surface area contributed by atoms with E-state index in [1.165, 1.54) is 11.1 Å². The van der Waals surface area contributed by atoms with Crippen LogP contribution in [0, 0.1) is 11.3 Å². The van der Waals surface area contributed by atoms with Crippen LogP contribution in [-0.2, 0) is 11.2 Å². The van der Waals surface area contributed by atoms with E-state index in [2.05, 4.69) is 48.6 Å². The minimum atomic E-state index is 0.0815. The summed E-state index contributed by atoms with van der Waals surface area (Å²) < 4.78 is 5.49. The first-order valence-electron chi connectivity index (χ1n) is 10.1. The van der Waals surface area contributed by atoms with Gasteiger partial charge in [-0.05, 0) is 54.3 Å². The van der Waals surface area contributed by atoms with Crippen LogP contribution in [0.5, 0.6) is 0 Å². The SMILES string of the molecule is COCC(N[C@@H](C)[C@@H](Cc1ccc(Cl)cc1)c1cccc(C#N)c1)c1ccccc1. The fourth-order valence-corrected chi connectivity index (χ4v) is 3.95. The van der Waals surface area contributed by atoms with Gasteiger partial charge in [-0.15, -0.1) is 0 Å². The average Bonchev–Trinajstić information content (AvgIpc) is 2.79. The predicted octanol–water partition coefficient (Wildman–Crippen LogP) is 5.90. The zero-order valence-electron chi connectivity index (χ0n) is 17.4. The number of ether oxygens (including phenoxy) is 1. The minimum Gasteiger partial charge on any atom is -0.383 e. The van der Waals surface area contributed by atoms with Crippen LogP contribution in [0.3, 0.4) is 0 Å². The lowest BCUT2D eigenvalue weighted by Gasteiger charge is -2.30. The maximum atomic E-state index is 9.37. The van der Waals surface area contributed by atoms with E-state index >= 15 is 0 Å². The molecule has 0 aliphatic heterocycles.